The molecule has 6 aromatic rings. The molecule has 0 amide bonds. The van der Waals surface area contributed by atoms with Crippen molar-refractivity contribution in [1.82, 2.24) is 10.2 Å². The van der Waals surface area contributed by atoms with Gasteiger partial charge in [-0.05, 0) is 45.7 Å². The fraction of sp³-hybridized carbons (Fsp3) is 0.273. The van der Waals surface area contributed by atoms with Gasteiger partial charge in [0.2, 0.25) is 0 Å². The highest BCUT2D eigenvalue weighted by Crippen LogP contribution is 2.40. The van der Waals surface area contributed by atoms with Crippen LogP contribution in [0.1, 0.15) is 44.5 Å². The van der Waals surface area contributed by atoms with Crippen molar-refractivity contribution in [3.8, 4) is 0 Å². The molecule has 0 radical (unpaired) electrons. The molecule has 0 unspecified atom stereocenters. The minimum Gasteiger partial charge on any atom is -0.374 e. The Hall–Kier alpha value is -3.90. The van der Waals surface area contributed by atoms with Crippen LogP contribution >= 0.6 is 34.7 Å². The molecule has 0 saturated carbocycles. The standard InChI is InChI=1S/C44H43ClN2O5S2/c1-53-44-47-46-39(54-44)25-36-24-35(22-23-37(36)45)40-42(50-28-33-18-10-4-11-19-33)43(51-29-34-20-12-5-13-21-34)41(49-27-32-16-8-3-9-17-32)38(52-40)30-48-26-31-14-6-2-7-15-31/h2-24,38,40-43H,25-30H2,1H3/t38-,40+,41-,42+,43+/m1/s1. The second-order valence-corrected chi connectivity index (χ2v) is 15.6. The molecule has 1 fully saturated rings. The Balaban J connectivity index is 1.26. The maximum atomic E-state index is 7.13. The van der Waals surface area contributed by atoms with Crippen LogP contribution < -0.4 is 0 Å². The van der Waals surface area contributed by atoms with E-state index >= 15 is 0 Å². The first-order valence-electron chi connectivity index (χ1n) is 18.0. The molecule has 7 nitrogen and oxygen atoms in total. The summed E-state index contributed by atoms with van der Waals surface area (Å²) in [7, 11) is 0. The highest BCUT2D eigenvalue weighted by molar-refractivity contribution is 8.00. The van der Waals surface area contributed by atoms with Gasteiger partial charge in [-0.15, -0.1) is 10.2 Å². The summed E-state index contributed by atoms with van der Waals surface area (Å²) in [5.41, 5.74) is 6.09. The van der Waals surface area contributed by atoms with Gasteiger partial charge in [0.05, 0.1) is 33.0 Å². The summed E-state index contributed by atoms with van der Waals surface area (Å²) in [6.07, 6.45) is -0.101. The molecule has 5 aromatic carbocycles. The van der Waals surface area contributed by atoms with E-state index in [2.05, 4.69) is 64.8 Å². The number of hydrogen-bond donors (Lipinski definition) is 0. The summed E-state index contributed by atoms with van der Waals surface area (Å²) >= 11 is 10.00. The number of halogens is 1. The van der Waals surface area contributed by atoms with Gasteiger partial charge in [-0.1, -0.05) is 168 Å². The van der Waals surface area contributed by atoms with Crippen molar-refractivity contribution < 1.29 is 23.7 Å². The normalized spacial score (nSPS) is 19.9. The number of nitrogens with zero attached hydrogens (tertiary/aromatic N) is 2. The maximum Gasteiger partial charge on any atom is 0.174 e. The Morgan fingerprint density at radius 1 is 0.630 bits per heavy atom. The molecule has 0 spiro atoms. The molecule has 1 aliphatic heterocycles. The first kappa shape index (κ1) is 38.4. The Labute approximate surface area is 330 Å². The van der Waals surface area contributed by atoms with Crippen LogP contribution in [0.5, 0.6) is 0 Å². The zero-order chi connectivity index (χ0) is 37.0. The molecule has 278 valence electrons. The molecule has 54 heavy (non-hydrogen) atoms. The lowest BCUT2D eigenvalue weighted by Crippen LogP contribution is -2.58. The zero-order valence-corrected chi connectivity index (χ0v) is 32.4. The average Bonchev–Trinajstić information content (AvgIpc) is 3.69. The molecule has 10 heteroatoms. The van der Waals surface area contributed by atoms with Gasteiger partial charge < -0.3 is 23.7 Å². The van der Waals surface area contributed by atoms with Gasteiger partial charge in [-0.25, -0.2) is 0 Å². The third kappa shape index (κ3) is 10.4. The molecule has 1 aliphatic rings. The molecule has 1 aromatic heterocycles. The summed E-state index contributed by atoms with van der Waals surface area (Å²) in [5, 5.41) is 10.3. The molecule has 1 saturated heterocycles. The van der Waals surface area contributed by atoms with Crippen LogP contribution in [0.25, 0.3) is 0 Å². The topological polar surface area (TPSA) is 71.9 Å². The van der Waals surface area contributed by atoms with E-state index < -0.39 is 30.5 Å². The van der Waals surface area contributed by atoms with Crippen LogP contribution in [0, 0.1) is 0 Å². The number of benzene rings is 5. The second kappa shape index (κ2) is 19.6. The van der Waals surface area contributed by atoms with E-state index in [1.807, 2.05) is 91.2 Å². The zero-order valence-electron chi connectivity index (χ0n) is 30.0. The van der Waals surface area contributed by atoms with E-state index in [0.29, 0.717) is 37.9 Å². The number of aromatic nitrogens is 2. The summed E-state index contributed by atoms with van der Waals surface area (Å²) in [4.78, 5) is 0. The third-order valence-corrected chi connectivity index (χ3v) is 11.5. The molecule has 0 bridgehead atoms. The van der Waals surface area contributed by atoms with Gasteiger partial charge in [-0.2, -0.15) is 0 Å². The molecule has 2 heterocycles. The van der Waals surface area contributed by atoms with Gasteiger partial charge in [0, 0.05) is 11.4 Å². The van der Waals surface area contributed by atoms with Crippen LogP contribution in [0.4, 0.5) is 0 Å². The minimum absolute atomic E-state index is 0.282. The monoisotopic (exact) mass is 778 g/mol. The van der Waals surface area contributed by atoms with Gasteiger partial charge >= 0.3 is 0 Å². The van der Waals surface area contributed by atoms with E-state index in [1.165, 1.54) is 0 Å². The molecule has 5 atom stereocenters. The lowest BCUT2D eigenvalue weighted by atomic mass is 9.89. The van der Waals surface area contributed by atoms with Gasteiger partial charge in [-0.3, -0.25) is 0 Å². The largest absolute Gasteiger partial charge is 0.374 e. The Bertz CT molecular complexity index is 2010. The molecule has 0 aliphatic carbocycles. The summed E-state index contributed by atoms with van der Waals surface area (Å²) in [5.74, 6) is 0. The Morgan fingerprint density at radius 3 is 1.69 bits per heavy atom. The van der Waals surface area contributed by atoms with E-state index in [1.54, 1.807) is 23.1 Å². The summed E-state index contributed by atoms with van der Waals surface area (Å²) < 4.78 is 35.2. The van der Waals surface area contributed by atoms with Crippen molar-refractivity contribution in [2.45, 2.75) is 67.7 Å². The van der Waals surface area contributed by atoms with E-state index in [4.69, 9.17) is 35.3 Å². The molecule has 7 rings (SSSR count). The van der Waals surface area contributed by atoms with E-state index in [-0.39, 0.29) is 6.61 Å². The van der Waals surface area contributed by atoms with Gasteiger partial charge in [0.1, 0.15) is 35.5 Å². The lowest BCUT2D eigenvalue weighted by Gasteiger charge is -2.46. The highest BCUT2D eigenvalue weighted by atomic mass is 35.5. The van der Waals surface area contributed by atoms with Crippen LogP contribution in [0.15, 0.2) is 144 Å². The SMILES string of the molecule is CSc1nnc(Cc2cc([C@@H]3O[C@H](COCc4ccccc4)[C@@H](OCc4ccccc4)[C@H](OCc4ccccc4)[C@H]3OCc3ccccc3)ccc2Cl)s1. The van der Waals surface area contributed by atoms with Crippen molar-refractivity contribution in [3.63, 3.8) is 0 Å². The fourth-order valence-corrected chi connectivity index (χ4v) is 8.04. The predicted molar refractivity (Wildman–Crippen MR) is 215 cm³/mol. The predicted octanol–water partition coefficient (Wildman–Crippen LogP) is 9.92. The summed E-state index contributed by atoms with van der Waals surface area (Å²) in [6, 6.07) is 46.7. The lowest BCUT2D eigenvalue weighted by molar-refractivity contribution is -0.275. The maximum absolute atomic E-state index is 7.13. The van der Waals surface area contributed by atoms with Crippen LogP contribution in [-0.2, 0) is 56.5 Å². The van der Waals surface area contributed by atoms with Crippen molar-refractivity contribution in [2.75, 3.05) is 12.9 Å². The Kier molecular flexibility index (Phi) is 13.9. The molecule has 0 N–H and O–H groups in total. The molecular formula is C44H43ClN2O5S2. The second-order valence-electron chi connectivity index (χ2n) is 13.1. The van der Waals surface area contributed by atoms with Crippen molar-refractivity contribution in [1.29, 1.82) is 0 Å². The van der Waals surface area contributed by atoms with Crippen LogP contribution in [0.3, 0.4) is 0 Å². The number of ether oxygens (including phenoxy) is 5. The van der Waals surface area contributed by atoms with Crippen molar-refractivity contribution in [3.05, 3.63) is 183 Å². The highest BCUT2D eigenvalue weighted by Gasteiger charge is 2.49. The minimum atomic E-state index is -0.557. The van der Waals surface area contributed by atoms with Crippen molar-refractivity contribution >= 4 is 34.7 Å². The number of rotatable bonds is 17. The van der Waals surface area contributed by atoms with E-state index in [9.17, 15) is 0 Å². The third-order valence-electron chi connectivity index (χ3n) is 9.25. The molecular weight excluding hydrogens is 736 g/mol. The first-order chi connectivity index (χ1) is 26.6. The van der Waals surface area contributed by atoms with Gasteiger partial charge in [0.15, 0.2) is 4.34 Å². The van der Waals surface area contributed by atoms with Gasteiger partial charge in [0.25, 0.3) is 0 Å². The van der Waals surface area contributed by atoms with E-state index in [0.717, 1.165) is 42.7 Å². The summed E-state index contributed by atoms with van der Waals surface area (Å²) in [6.45, 7) is 1.82. The average molecular weight is 779 g/mol. The quantitative estimate of drug-likeness (QED) is 0.0848. The fourth-order valence-electron chi connectivity index (χ4n) is 6.52. The smallest absolute Gasteiger partial charge is 0.174 e. The van der Waals surface area contributed by atoms with Crippen LogP contribution in [0.2, 0.25) is 5.02 Å². The first-order valence-corrected chi connectivity index (χ1v) is 20.4. The van der Waals surface area contributed by atoms with Crippen LogP contribution in [-0.4, -0.2) is 47.5 Å². The number of hydrogen-bond acceptors (Lipinski definition) is 9. The van der Waals surface area contributed by atoms with Crippen molar-refractivity contribution in [2.24, 2.45) is 0 Å². The number of thioether (sulfide) groups is 1. The Morgan fingerprint density at radius 2 is 1.15 bits per heavy atom.